The van der Waals surface area contributed by atoms with Crippen LogP contribution in [0.2, 0.25) is 0 Å². The minimum Gasteiger partial charge on any atom is -0.507 e. The molecule has 0 heterocycles. The second-order valence-corrected chi connectivity index (χ2v) is 6.18. The number of ketones is 1. The summed E-state index contributed by atoms with van der Waals surface area (Å²) in [6, 6.07) is 11.6. The Morgan fingerprint density at radius 3 is 2.17 bits per heavy atom. The van der Waals surface area contributed by atoms with E-state index >= 15 is 0 Å². The van der Waals surface area contributed by atoms with Gasteiger partial charge in [-0.2, -0.15) is 0 Å². The number of phenols is 1. The summed E-state index contributed by atoms with van der Waals surface area (Å²) in [7, 11) is 0. The lowest BCUT2D eigenvalue weighted by Crippen LogP contribution is -2.22. The van der Waals surface area contributed by atoms with Crippen molar-refractivity contribution >= 4 is 5.78 Å². The first kappa shape index (κ1) is 16.9. The van der Waals surface area contributed by atoms with Crippen molar-refractivity contribution in [3.63, 3.8) is 0 Å². The van der Waals surface area contributed by atoms with Crippen molar-refractivity contribution in [2.24, 2.45) is 0 Å². The van der Waals surface area contributed by atoms with Crippen molar-refractivity contribution in [1.82, 2.24) is 0 Å². The summed E-state index contributed by atoms with van der Waals surface area (Å²) < 4.78 is 11.0. The molecule has 1 N–H and O–H groups in total. The molecule has 0 spiro atoms. The van der Waals surface area contributed by atoms with Crippen molar-refractivity contribution in [1.29, 1.82) is 0 Å². The quantitative estimate of drug-likeness (QED) is 0.840. The summed E-state index contributed by atoms with van der Waals surface area (Å²) in [5.74, 6) is 0.902. The largest absolute Gasteiger partial charge is 0.507 e. The second kappa shape index (κ2) is 6.73. The molecule has 0 fully saturated rings. The number of hydrogen-bond donors (Lipinski definition) is 1. The maximum Gasteiger partial charge on any atom is 0.196 e. The minimum absolute atomic E-state index is 0.0920. The normalized spacial score (nSPS) is 11.1. The van der Waals surface area contributed by atoms with Gasteiger partial charge in [0, 0.05) is 11.6 Å². The predicted molar refractivity (Wildman–Crippen MR) is 89.5 cm³/mol. The average Bonchev–Trinajstić information content (AvgIpc) is 2.46. The zero-order valence-electron chi connectivity index (χ0n) is 13.9. The number of ether oxygens (including phenoxy) is 2. The van der Waals surface area contributed by atoms with E-state index in [-0.39, 0.29) is 22.7 Å². The molecule has 0 unspecified atom stereocenters. The Hall–Kier alpha value is -2.49. The summed E-state index contributed by atoms with van der Waals surface area (Å²) in [6.45, 7) is 8.23. The molecule has 23 heavy (non-hydrogen) atoms. The third kappa shape index (κ3) is 4.49. The van der Waals surface area contributed by atoms with Crippen molar-refractivity contribution in [2.75, 3.05) is 6.61 Å². The highest BCUT2D eigenvalue weighted by Gasteiger charge is 2.17. The highest BCUT2D eigenvalue weighted by Crippen LogP contribution is 2.28. The van der Waals surface area contributed by atoms with Crippen LogP contribution in [0, 0.1) is 0 Å². The van der Waals surface area contributed by atoms with Gasteiger partial charge in [0.2, 0.25) is 0 Å². The van der Waals surface area contributed by atoms with Gasteiger partial charge in [0.15, 0.2) is 5.78 Å². The molecular weight excluding hydrogens is 292 g/mol. The lowest BCUT2D eigenvalue weighted by molar-refractivity contribution is 0.103. The van der Waals surface area contributed by atoms with E-state index in [4.69, 9.17) is 9.47 Å². The molecular formula is C19H22O4. The lowest BCUT2D eigenvalue weighted by atomic mass is 10.0. The molecule has 0 aromatic heterocycles. The SMILES string of the molecule is CCOc1ccc(C(=O)c2ccc(OC(C)(C)C)cc2O)cc1. The van der Waals surface area contributed by atoms with Crippen LogP contribution in [0.3, 0.4) is 0 Å². The van der Waals surface area contributed by atoms with Crippen LogP contribution < -0.4 is 9.47 Å². The number of aromatic hydroxyl groups is 1. The van der Waals surface area contributed by atoms with Crippen LogP contribution in [-0.2, 0) is 0 Å². The fourth-order valence-electron chi connectivity index (χ4n) is 2.15. The van der Waals surface area contributed by atoms with Crippen molar-refractivity contribution in [3.8, 4) is 17.2 Å². The molecule has 2 aromatic carbocycles. The van der Waals surface area contributed by atoms with E-state index in [1.54, 1.807) is 36.4 Å². The molecule has 0 bridgehead atoms. The molecule has 0 radical (unpaired) electrons. The van der Waals surface area contributed by atoms with Crippen LogP contribution in [0.1, 0.15) is 43.6 Å². The Balaban J connectivity index is 2.22. The second-order valence-electron chi connectivity index (χ2n) is 6.18. The lowest BCUT2D eigenvalue weighted by Gasteiger charge is -2.21. The zero-order valence-corrected chi connectivity index (χ0v) is 13.9. The first-order valence-corrected chi connectivity index (χ1v) is 7.60. The number of carbonyl (C=O) groups is 1. The molecule has 0 saturated heterocycles. The van der Waals surface area contributed by atoms with Gasteiger partial charge in [0.1, 0.15) is 22.8 Å². The monoisotopic (exact) mass is 314 g/mol. The molecule has 2 rings (SSSR count). The predicted octanol–water partition coefficient (Wildman–Crippen LogP) is 4.20. The topological polar surface area (TPSA) is 55.8 Å². The van der Waals surface area contributed by atoms with Crippen LogP contribution >= 0.6 is 0 Å². The fourth-order valence-corrected chi connectivity index (χ4v) is 2.15. The van der Waals surface area contributed by atoms with Gasteiger partial charge in [-0.3, -0.25) is 4.79 Å². The Labute approximate surface area is 136 Å². The molecule has 4 nitrogen and oxygen atoms in total. The molecule has 0 atom stereocenters. The molecule has 0 aliphatic carbocycles. The van der Waals surface area contributed by atoms with E-state index in [0.717, 1.165) is 0 Å². The van der Waals surface area contributed by atoms with Gasteiger partial charge in [-0.1, -0.05) is 0 Å². The van der Waals surface area contributed by atoms with E-state index in [1.165, 1.54) is 6.07 Å². The maximum absolute atomic E-state index is 12.5. The van der Waals surface area contributed by atoms with Gasteiger partial charge in [-0.05, 0) is 64.1 Å². The van der Waals surface area contributed by atoms with Gasteiger partial charge >= 0.3 is 0 Å². The summed E-state index contributed by atoms with van der Waals surface area (Å²) in [5.41, 5.74) is 0.372. The molecule has 122 valence electrons. The number of rotatable bonds is 5. The van der Waals surface area contributed by atoms with Gasteiger partial charge in [-0.15, -0.1) is 0 Å². The molecule has 2 aromatic rings. The zero-order chi connectivity index (χ0) is 17.0. The van der Waals surface area contributed by atoms with Gasteiger partial charge < -0.3 is 14.6 Å². The van der Waals surface area contributed by atoms with Crippen molar-refractivity contribution in [3.05, 3.63) is 53.6 Å². The third-order valence-electron chi connectivity index (χ3n) is 3.07. The highest BCUT2D eigenvalue weighted by atomic mass is 16.5. The van der Waals surface area contributed by atoms with Crippen LogP contribution in [0.15, 0.2) is 42.5 Å². The van der Waals surface area contributed by atoms with E-state index in [1.807, 2.05) is 27.7 Å². The van der Waals surface area contributed by atoms with Crippen LogP contribution in [0.5, 0.6) is 17.2 Å². The minimum atomic E-state index is -0.368. The summed E-state index contributed by atoms with van der Waals surface area (Å²) in [5, 5.41) is 10.1. The first-order valence-electron chi connectivity index (χ1n) is 7.60. The van der Waals surface area contributed by atoms with E-state index in [0.29, 0.717) is 23.7 Å². The van der Waals surface area contributed by atoms with Crippen LogP contribution in [0.25, 0.3) is 0 Å². The summed E-state index contributed by atoms with van der Waals surface area (Å²) >= 11 is 0. The number of hydrogen-bond acceptors (Lipinski definition) is 4. The van der Waals surface area contributed by atoms with Crippen LogP contribution in [-0.4, -0.2) is 23.1 Å². The van der Waals surface area contributed by atoms with Crippen molar-refractivity contribution < 1.29 is 19.4 Å². The number of benzene rings is 2. The van der Waals surface area contributed by atoms with E-state index in [2.05, 4.69) is 0 Å². The molecule has 0 amide bonds. The first-order chi connectivity index (χ1) is 10.8. The van der Waals surface area contributed by atoms with Crippen molar-refractivity contribution in [2.45, 2.75) is 33.3 Å². The Morgan fingerprint density at radius 2 is 1.65 bits per heavy atom. The average molecular weight is 314 g/mol. The summed E-state index contributed by atoms with van der Waals surface area (Å²) in [4.78, 5) is 12.5. The molecule has 0 saturated carbocycles. The number of carbonyl (C=O) groups excluding carboxylic acids is 1. The fraction of sp³-hybridized carbons (Fsp3) is 0.316. The van der Waals surface area contributed by atoms with E-state index < -0.39 is 0 Å². The molecule has 0 aliphatic rings. The number of phenolic OH excluding ortho intramolecular Hbond substituents is 1. The van der Waals surface area contributed by atoms with Gasteiger partial charge in [0.05, 0.1) is 12.2 Å². The molecule has 0 aliphatic heterocycles. The van der Waals surface area contributed by atoms with Gasteiger partial charge in [0.25, 0.3) is 0 Å². The Morgan fingerprint density at radius 1 is 1.04 bits per heavy atom. The third-order valence-corrected chi connectivity index (χ3v) is 3.07. The Kier molecular flexibility index (Phi) is 4.94. The maximum atomic E-state index is 12.5. The Bertz CT molecular complexity index is 682. The highest BCUT2D eigenvalue weighted by molar-refractivity contribution is 6.10. The van der Waals surface area contributed by atoms with Crippen LogP contribution in [0.4, 0.5) is 0 Å². The molecule has 4 heteroatoms. The summed E-state index contributed by atoms with van der Waals surface area (Å²) in [6.07, 6.45) is 0. The van der Waals surface area contributed by atoms with E-state index in [9.17, 15) is 9.90 Å². The standard InChI is InChI=1S/C19H22O4/c1-5-22-14-8-6-13(7-9-14)18(21)16-11-10-15(12-17(16)20)23-19(2,3)4/h6-12,20H,5H2,1-4H3. The van der Waals surface area contributed by atoms with Gasteiger partial charge in [-0.25, -0.2) is 0 Å². The smallest absolute Gasteiger partial charge is 0.196 e.